The first kappa shape index (κ1) is 17.6. The van der Waals surface area contributed by atoms with Gasteiger partial charge in [-0.15, -0.1) is 0 Å². The Hall–Kier alpha value is -1.36. The third-order valence-corrected chi connectivity index (χ3v) is 2.56. The molecule has 0 aromatic carbocycles. The van der Waals surface area contributed by atoms with Gasteiger partial charge in [0, 0.05) is 5.97 Å². The smallest absolute Gasteiger partial charge is 0.403 e. The van der Waals surface area contributed by atoms with Crippen molar-refractivity contribution in [3.63, 3.8) is 0 Å². The number of ether oxygens (including phenoxy) is 1. The molecule has 0 saturated carbocycles. The lowest BCUT2D eigenvalue weighted by Gasteiger charge is -2.20. The Morgan fingerprint density at radius 2 is 1.79 bits per heavy atom. The Kier molecular flexibility index (Phi) is 6.22. The van der Waals surface area contributed by atoms with Crippen molar-refractivity contribution < 1.29 is 45.6 Å². The molecule has 19 heavy (non-hydrogen) atoms. The quantitative estimate of drug-likeness (QED) is 0.328. The van der Waals surface area contributed by atoms with Crippen LogP contribution in [0.5, 0.6) is 0 Å². The van der Waals surface area contributed by atoms with Crippen molar-refractivity contribution >= 4 is 22.1 Å². The van der Waals surface area contributed by atoms with Gasteiger partial charge in [-0.2, -0.15) is 13.2 Å². The van der Waals surface area contributed by atoms with E-state index >= 15 is 0 Å². The Labute approximate surface area is 106 Å². The van der Waals surface area contributed by atoms with Gasteiger partial charge in [0.2, 0.25) is 0 Å². The molecule has 1 atom stereocenters. The van der Waals surface area contributed by atoms with Crippen molar-refractivity contribution in [1.82, 2.24) is 0 Å². The van der Waals surface area contributed by atoms with Crippen molar-refractivity contribution in [1.29, 1.82) is 0 Å². The van der Waals surface area contributed by atoms with E-state index < -0.39 is 52.9 Å². The molecule has 0 aliphatic rings. The molecule has 0 rings (SSSR count). The average molecular weight is 306 g/mol. The molecule has 0 radical (unpaired) electrons. The van der Waals surface area contributed by atoms with Gasteiger partial charge in [-0.25, -0.2) is 8.42 Å². The summed E-state index contributed by atoms with van der Waals surface area (Å²) in [7, 11) is -5.27. The number of carboxylic acid groups (broad SMARTS) is 1. The zero-order chi connectivity index (χ0) is 15.3. The van der Waals surface area contributed by atoms with Crippen LogP contribution in [0.15, 0.2) is 0 Å². The normalized spacial score (nSPS) is 13.9. The number of carbonyl (C=O) groups is 2. The molecule has 0 amide bonds. The molecule has 0 aliphatic heterocycles. The third kappa shape index (κ3) is 8.37. The van der Waals surface area contributed by atoms with E-state index in [1.54, 1.807) is 0 Å². The van der Waals surface area contributed by atoms with E-state index in [0.717, 1.165) is 0 Å². The Balaban J connectivity index is 4.53. The molecule has 0 saturated heterocycles. The fourth-order valence-electron chi connectivity index (χ4n) is 0.990. The van der Waals surface area contributed by atoms with E-state index in [-0.39, 0.29) is 6.42 Å². The molecular weight excluding hydrogens is 297 g/mol. The molecule has 7 nitrogen and oxygen atoms in total. The molecule has 0 aliphatic carbocycles. The molecule has 0 heterocycles. The highest BCUT2D eigenvalue weighted by Crippen LogP contribution is 2.28. The number of aliphatic carboxylic acids is 1. The lowest BCUT2D eigenvalue weighted by molar-refractivity contribution is -0.306. The minimum Gasteiger partial charge on any atom is -0.748 e. The number of hydrogen-bond acceptors (Lipinski definition) is 7. The minimum atomic E-state index is -5.27. The van der Waals surface area contributed by atoms with Gasteiger partial charge in [-0.1, -0.05) is 0 Å². The van der Waals surface area contributed by atoms with Crippen LogP contribution in [0.1, 0.15) is 12.8 Å². The molecule has 112 valence electrons. The van der Waals surface area contributed by atoms with Crippen LogP contribution in [0.2, 0.25) is 0 Å². The van der Waals surface area contributed by atoms with E-state index in [1.807, 2.05) is 0 Å². The van der Waals surface area contributed by atoms with Gasteiger partial charge in [-0.3, -0.25) is 4.79 Å². The SMILES string of the molecule is O=C([O-])CCCOC(=O)C(CS(=O)(=O)[O-])C(F)(F)F. The Morgan fingerprint density at radius 3 is 2.16 bits per heavy atom. The van der Waals surface area contributed by atoms with Crippen LogP contribution in [-0.4, -0.2) is 43.4 Å². The van der Waals surface area contributed by atoms with Crippen LogP contribution in [0.4, 0.5) is 13.2 Å². The predicted molar refractivity (Wildman–Crippen MR) is 49.3 cm³/mol. The summed E-state index contributed by atoms with van der Waals surface area (Å²) in [5, 5.41) is 9.97. The second-order valence-corrected chi connectivity index (χ2v) is 4.91. The second kappa shape index (κ2) is 6.70. The standard InChI is InChI=1S/C8H11F3O7S/c9-8(10,11)5(4-19(15,16)17)7(14)18-3-1-2-6(12)13/h5H,1-4H2,(H,12,13)(H,15,16,17)/p-2. The van der Waals surface area contributed by atoms with Crippen LogP contribution in [0, 0.1) is 5.92 Å². The number of carbonyl (C=O) groups excluding carboxylic acids is 2. The van der Waals surface area contributed by atoms with E-state index in [4.69, 9.17) is 0 Å². The maximum atomic E-state index is 12.3. The van der Waals surface area contributed by atoms with Gasteiger partial charge in [0.1, 0.15) is 0 Å². The maximum Gasteiger partial charge on any atom is 0.403 e. The van der Waals surface area contributed by atoms with E-state index in [9.17, 15) is 40.8 Å². The Bertz CT molecular complexity index is 428. The lowest BCUT2D eigenvalue weighted by Crippen LogP contribution is -2.38. The molecule has 1 unspecified atom stereocenters. The number of hydrogen-bond donors (Lipinski definition) is 0. The highest BCUT2D eigenvalue weighted by molar-refractivity contribution is 7.85. The lowest BCUT2D eigenvalue weighted by atomic mass is 10.2. The van der Waals surface area contributed by atoms with Crippen LogP contribution < -0.4 is 5.11 Å². The Morgan fingerprint density at radius 1 is 1.26 bits per heavy atom. The molecule has 0 fully saturated rings. The molecule has 0 bridgehead atoms. The van der Waals surface area contributed by atoms with Gasteiger partial charge in [-0.05, 0) is 12.8 Å². The average Bonchev–Trinajstić information content (AvgIpc) is 2.17. The first-order valence-corrected chi connectivity index (χ1v) is 6.38. The van der Waals surface area contributed by atoms with E-state index in [1.165, 1.54) is 0 Å². The third-order valence-electron chi connectivity index (χ3n) is 1.82. The van der Waals surface area contributed by atoms with Crippen LogP contribution in [0.25, 0.3) is 0 Å². The zero-order valence-electron chi connectivity index (χ0n) is 9.31. The van der Waals surface area contributed by atoms with Crippen molar-refractivity contribution in [3.8, 4) is 0 Å². The summed E-state index contributed by atoms with van der Waals surface area (Å²) >= 11 is 0. The van der Waals surface area contributed by atoms with Gasteiger partial charge < -0.3 is 19.2 Å². The van der Waals surface area contributed by atoms with Gasteiger partial charge in [0.25, 0.3) is 0 Å². The summed E-state index contributed by atoms with van der Waals surface area (Å²) < 4.78 is 71.9. The number of alkyl halides is 3. The molecule has 0 aromatic rings. The predicted octanol–water partition coefficient (Wildman–Crippen LogP) is -1.22. The van der Waals surface area contributed by atoms with E-state index in [0.29, 0.717) is 0 Å². The second-order valence-electron chi connectivity index (χ2n) is 3.46. The summed E-state index contributed by atoms with van der Waals surface area (Å²) in [5.74, 6) is -8.47. The minimum absolute atomic E-state index is 0.289. The topological polar surface area (TPSA) is 124 Å². The highest BCUT2D eigenvalue weighted by Gasteiger charge is 2.47. The fraction of sp³-hybridized carbons (Fsp3) is 0.750. The van der Waals surface area contributed by atoms with Gasteiger partial charge >= 0.3 is 12.1 Å². The van der Waals surface area contributed by atoms with Crippen molar-refractivity contribution in [2.45, 2.75) is 19.0 Å². The van der Waals surface area contributed by atoms with Crippen molar-refractivity contribution in [2.24, 2.45) is 5.92 Å². The van der Waals surface area contributed by atoms with Gasteiger partial charge in [0.05, 0.1) is 22.5 Å². The molecule has 0 N–H and O–H groups in total. The first-order valence-electron chi connectivity index (χ1n) is 4.80. The van der Waals surface area contributed by atoms with Gasteiger partial charge in [0.15, 0.2) is 5.92 Å². The summed E-state index contributed by atoms with van der Waals surface area (Å²) in [6.07, 6.45) is -6.07. The largest absolute Gasteiger partial charge is 0.748 e. The summed E-state index contributed by atoms with van der Waals surface area (Å²) in [6, 6.07) is 0. The van der Waals surface area contributed by atoms with Crippen LogP contribution in [-0.2, 0) is 24.4 Å². The molecule has 0 spiro atoms. The molecular formula is C8H9F3O7S-2. The zero-order valence-corrected chi connectivity index (χ0v) is 10.1. The first-order chi connectivity index (χ1) is 8.43. The number of halogens is 3. The van der Waals surface area contributed by atoms with E-state index in [2.05, 4.69) is 4.74 Å². The molecule has 0 aromatic heterocycles. The van der Waals surface area contributed by atoms with Crippen LogP contribution >= 0.6 is 0 Å². The fourth-order valence-corrected chi connectivity index (χ4v) is 1.72. The summed E-state index contributed by atoms with van der Waals surface area (Å²) in [6.45, 7) is -0.654. The number of rotatable bonds is 7. The monoisotopic (exact) mass is 306 g/mol. The highest BCUT2D eigenvalue weighted by atomic mass is 32.2. The van der Waals surface area contributed by atoms with Crippen LogP contribution in [0.3, 0.4) is 0 Å². The number of carboxylic acids is 1. The van der Waals surface area contributed by atoms with Crippen molar-refractivity contribution in [3.05, 3.63) is 0 Å². The molecule has 11 heteroatoms. The summed E-state index contributed by atoms with van der Waals surface area (Å²) in [4.78, 5) is 21.0. The summed E-state index contributed by atoms with van der Waals surface area (Å²) in [5.41, 5.74) is 0. The van der Waals surface area contributed by atoms with Crippen molar-refractivity contribution in [2.75, 3.05) is 12.4 Å². The maximum absolute atomic E-state index is 12.3. The number of esters is 1.